The van der Waals surface area contributed by atoms with Crippen LogP contribution in [0.15, 0.2) is 56.8 Å². The number of nitrogens with zero attached hydrogens (tertiary/aromatic N) is 3. The van der Waals surface area contributed by atoms with E-state index in [0.717, 1.165) is 53.9 Å². The fourth-order valence-electron chi connectivity index (χ4n) is 5.84. The molecule has 0 amide bonds. The van der Waals surface area contributed by atoms with Crippen molar-refractivity contribution in [1.82, 2.24) is 4.98 Å². The molecule has 42 heavy (non-hydrogen) atoms. The summed E-state index contributed by atoms with van der Waals surface area (Å²) in [6.45, 7) is 12.2. The Morgan fingerprint density at radius 3 is 2.64 bits per heavy atom. The SMILES string of the molecule is Cc1cc([C@@H](C)Nc2ccc(Cl)nc2-c2ccc3c(c2)C=NOB3O)c2oc(N3CCC(C)(C)CC3)c(C)c(=O)c2c1. The van der Waals surface area contributed by atoms with Gasteiger partial charge in [-0.05, 0) is 74.4 Å². The molecule has 4 heterocycles. The molecule has 0 bridgehead atoms. The van der Waals surface area contributed by atoms with Crippen LogP contribution in [0.1, 0.15) is 61.9 Å². The van der Waals surface area contributed by atoms with Crippen molar-refractivity contribution >= 4 is 52.9 Å². The maximum absolute atomic E-state index is 13.7. The summed E-state index contributed by atoms with van der Waals surface area (Å²) in [5.41, 5.74) is 6.98. The second kappa shape index (κ2) is 10.8. The third-order valence-electron chi connectivity index (χ3n) is 8.45. The minimum Gasteiger partial charge on any atom is -0.440 e. The first-order valence-electron chi connectivity index (χ1n) is 14.3. The number of nitrogens with one attached hydrogen (secondary N) is 1. The van der Waals surface area contributed by atoms with Crippen LogP contribution in [0.4, 0.5) is 11.6 Å². The summed E-state index contributed by atoms with van der Waals surface area (Å²) in [4.78, 5) is 20.5. The standard InChI is InChI=1S/C32H34BClN4O4/c1-18-14-23(30-24(15-18)29(39)19(2)31(41-30)38-12-10-32(4,5)11-13-38)20(3)36-26-8-9-27(34)37-28(26)21-6-7-25-22(16-21)17-35-42-33(25)40/h6-9,14-17,20,36,40H,10-13H2,1-5H3/t20-/m1/s1. The normalized spacial score (nSPS) is 16.7. The van der Waals surface area contributed by atoms with E-state index in [-0.39, 0.29) is 16.9 Å². The molecule has 1 saturated heterocycles. The van der Waals surface area contributed by atoms with Crippen molar-refractivity contribution < 1.29 is 14.2 Å². The Balaban J connectivity index is 1.40. The van der Waals surface area contributed by atoms with Gasteiger partial charge in [0, 0.05) is 29.7 Å². The van der Waals surface area contributed by atoms with E-state index < -0.39 is 7.12 Å². The number of rotatable bonds is 5. The second-order valence-corrected chi connectivity index (χ2v) is 12.6. The molecule has 1 fully saturated rings. The number of pyridine rings is 1. The molecule has 6 rings (SSSR count). The van der Waals surface area contributed by atoms with Gasteiger partial charge in [-0.3, -0.25) is 4.79 Å². The van der Waals surface area contributed by atoms with Crippen LogP contribution < -0.4 is 21.1 Å². The van der Waals surface area contributed by atoms with Crippen molar-refractivity contribution in [3.63, 3.8) is 0 Å². The van der Waals surface area contributed by atoms with Crippen LogP contribution >= 0.6 is 11.6 Å². The number of halogens is 1. The van der Waals surface area contributed by atoms with Gasteiger partial charge in [-0.1, -0.05) is 43.6 Å². The molecule has 2 aromatic carbocycles. The molecule has 216 valence electrons. The largest absolute Gasteiger partial charge is 0.583 e. The van der Waals surface area contributed by atoms with Crippen LogP contribution in [-0.2, 0) is 4.76 Å². The summed E-state index contributed by atoms with van der Waals surface area (Å²) in [6.07, 6.45) is 3.65. The van der Waals surface area contributed by atoms with Crippen molar-refractivity contribution in [3.05, 3.63) is 80.1 Å². The molecule has 2 aromatic heterocycles. The minimum absolute atomic E-state index is 0.00368. The number of benzene rings is 2. The van der Waals surface area contributed by atoms with Gasteiger partial charge in [0.1, 0.15) is 10.7 Å². The van der Waals surface area contributed by atoms with E-state index in [1.807, 2.05) is 45.0 Å². The molecule has 10 heteroatoms. The Kier molecular flexibility index (Phi) is 7.27. The zero-order valence-electron chi connectivity index (χ0n) is 24.5. The Morgan fingerprint density at radius 2 is 1.88 bits per heavy atom. The number of hydrogen-bond acceptors (Lipinski definition) is 8. The van der Waals surface area contributed by atoms with Gasteiger partial charge in [-0.15, -0.1) is 5.16 Å². The number of aryl methyl sites for hydroxylation is 1. The Labute approximate surface area is 250 Å². The monoisotopic (exact) mass is 584 g/mol. The van der Waals surface area contributed by atoms with Gasteiger partial charge >= 0.3 is 7.12 Å². The average molecular weight is 585 g/mol. The lowest BCUT2D eigenvalue weighted by atomic mass is 9.75. The van der Waals surface area contributed by atoms with Crippen molar-refractivity contribution in [2.45, 2.75) is 53.5 Å². The first-order valence-corrected chi connectivity index (χ1v) is 14.7. The highest BCUT2D eigenvalue weighted by molar-refractivity contribution is 6.62. The molecule has 0 saturated carbocycles. The molecule has 0 aliphatic carbocycles. The molecular weight excluding hydrogens is 551 g/mol. The topological polar surface area (TPSA) is 100 Å². The summed E-state index contributed by atoms with van der Waals surface area (Å²) in [5.74, 6) is 0.663. The third-order valence-corrected chi connectivity index (χ3v) is 8.66. The molecular formula is C32H34BClN4O4. The highest BCUT2D eigenvalue weighted by Crippen LogP contribution is 2.37. The number of anilines is 2. The van der Waals surface area contributed by atoms with E-state index in [1.165, 1.54) is 0 Å². The van der Waals surface area contributed by atoms with E-state index in [2.05, 4.69) is 40.3 Å². The predicted octanol–water partition coefficient (Wildman–Crippen LogP) is 5.98. The summed E-state index contributed by atoms with van der Waals surface area (Å²) in [6, 6.07) is 12.9. The average Bonchev–Trinajstić information content (AvgIpc) is 2.96. The lowest BCUT2D eigenvalue weighted by molar-refractivity contribution is 0.274. The smallest absolute Gasteiger partial charge is 0.440 e. The molecule has 4 aromatic rings. The predicted molar refractivity (Wildman–Crippen MR) is 170 cm³/mol. The van der Waals surface area contributed by atoms with Crippen molar-refractivity contribution in [3.8, 4) is 11.3 Å². The maximum atomic E-state index is 13.7. The zero-order valence-corrected chi connectivity index (χ0v) is 25.2. The molecule has 1 atom stereocenters. The first kappa shape index (κ1) is 28.3. The van der Waals surface area contributed by atoms with E-state index >= 15 is 0 Å². The number of oxime groups is 1. The summed E-state index contributed by atoms with van der Waals surface area (Å²) < 4.78 is 11.6. The molecule has 2 aliphatic rings. The van der Waals surface area contributed by atoms with Crippen LogP contribution in [0.5, 0.6) is 0 Å². The number of hydrogen-bond donors (Lipinski definition) is 2. The van der Waals surface area contributed by atoms with Crippen LogP contribution in [0.2, 0.25) is 5.15 Å². The van der Waals surface area contributed by atoms with Crippen LogP contribution in [0, 0.1) is 19.3 Å². The van der Waals surface area contributed by atoms with Gasteiger partial charge in [0.2, 0.25) is 5.88 Å². The number of aromatic nitrogens is 1. The highest BCUT2D eigenvalue weighted by Gasteiger charge is 2.29. The van der Waals surface area contributed by atoms with Crippen LogP contribution in [0.3, 0.4) is 0 Å². The Bertz CT molecular complexity index is 1780. The van der Waals surface area contributed by atoms with Gasteiger partial charge in [-0.25, -0.2) is 4.98 Å². The summed E-state index contributed by atoms with van der Waals surface area (Å²) >= 11 is 6.35. The van der Waals surface area contributed by atoms with E-state index in [4.69, 9.17) is 20.8 Å². The van der Waals surface area contributed by atoms with Crippen molar-refractivity contribution in [2.24, 2.45) is 10.6 Å². The fourth-order valence-corrected chi connectivity index (χ4v) is 5.99. The number of piperidine rings is 1. The molecule has 0 unspecified atom stereocenters. The van der Waals surface area contributed by atoms with E-state index in [1.54, 1.807) is 18.3 Å². The van der Waals surface area contributed by atoms with Gasteiger partial charge in [0.25, 0.3) is 0 Å². The van der Waals surface area contributed by atoms with Gasteiger partial charge in [-0.2, -0.15) is 0 Å². The highest BCUT2D eigenvalue weighted by atomic mass is 35.5. The molecule has 2 aliphatic heterocycles. The summed E-state index contributed by atoms with van der Waals surface area (Å²) in [5, 5.41) is 18.4. The van der Waals surface area contributed by atoms with Gasteiger partial charge in [0.15, 0.2) is 5.43 Å². The molecule has 0 spiro atoms. The quantitative estimate of drug-likeness (QED) is 0.220. The Morgan fingerprint density at radius 1 is 1.12 bits per heavy atom. The van der Waals surface area contributed by atoms with Gasteiger partial charge in [0.05, 0.1) is 34.6 Å². The molecule has 2 N–H and O–H groups in total. The molecule has 0 radical (unpaired) electrons. The van der Waals surface area contributed by atoms with E-state index in [0.29, 0.717) is 38.7 Å². The first-order chi connectivity index (χ1) is 20.0. The van der Waals surface area contributed by atoms with Crippen LogP contribution in [-0.4, -0.2) is 36.4 Å². The molecule has 8 nitrogen and oxygen atoms in total. The van der Waals surface area contributed by atoms with Crippen LogP contribution in [0.25, 0.3) is 22.2 Å². The van der Waals surface area contributed by atoms with E-state index in [9.17, 15) is 9.82 Å². The Hall–Kier alpha value is -3.82. The fraction of sp³-hybridized carbons (Fsp3) is 0.344. The summed E-state index contributed by atoms with van der Waals surface area (Å²) in [7, 11) is -1.11. The van der Waals surface area contributed by atoms with Crippen molar-refractivity contribution in [1.29, 1.82) is 0 Å². The maximum Gasteiger partial charge on any atom is 0.583 e. The lowest BCUT2D eigenvalue weighted by Gasteiger charge is -2.37. The van der Waals surface area contributed by atoms with Gasteiger partial charge < -0.3 is 24.4 Å². The zero-order chi connectivity index (χ0) is 29.8. The van der Waals surface area contributed by atoms with Crippen molar-refractivity contribution in [2.75, 3.05) is 23.3 Å². The lowest BCUT2D eigenvalue weighted by Crippen LogP contribution is -2.38. The second-order valence-electron chi connectivity index (χ2n) is 12.2. The minimum atomic E-state index is -1.11. The third kappa shape index (κ3) is 5.27. The number of fused-ring (bicyclic) bond motifs is 2.